The molecule has 1 N–H and O–H groups in total. The fourth-order valence-corrected chi connectivity index (χ4v) is 2.91. The van der Waals surface area contributed by atoms with Crippen LogP contribution in [0.25, 0.3) is 0 Å². The topological polar surface area (TPSA) is 38.3 Å². The van der Waals surface area contributed by atoms with Gasteiger partial charge in [-0.25, -0.2) is 0 Å². The summed E-state index contributed by atoms with van der Waals surface area (Å²) in [5.41, 5.74) is 0.850. The highest BCUT2D eigenvalue weighted by Crippen LogP contribution is 2.32. The van der Waals surface area contributed by atoms with Gasteiger partial charge in [-0.15, -0.1) is 11.8 Å². The number of hydrogen-bond acceptors (Lipinski definition) is 3. The number of carbonyl (C=O) groups excluding carboxylic acids is 1. The quantitative estimate of drug-likeness (QED) is 0.545. The van der Waals surface area contributed by atoms with E-state index in [4.69, 9.17) is 4.74 Å². The molecule has 0 aliphatic heterocycles. The molecule has 1 amide bonds. The van der Waals surface area contributed by atoms with Gasteiger partial charge in [0.05, 0.1) is 12.8 Å². The lowest BCUT2D eigenvalue weighted by atomic mass is 10.1. The maximum atomic E-state index is 10.6. The Hall–Kier alpha value is -1.16. The van der Waals surface area contributed by atoms with Gasteiger partial charge in [-0.2, -0.15) is 0 Å². The van der Waals surface area contributed by atoms with Gasteiger partial charge in [-0.1, -0.05) is 26.7 Å². The zero-order valence-electron chi connectivity index (χ0n) is 11.9. The van der Waals surface area contributed by atoms with E-state index in [0.29, 0.717) is 12.3 Å². The summed E-state index contributed by atoms with van der Waals surface area (Å²) >= 11 is 1.77. The van der Waals surface area contributed by atoms with Crippen LogP contribution in [0, 0.1) is 5.92 Å². The molecule has 0 bridgehead atoms. The third-order valence-corrected chi connectivity index (χ3v) is 4.36. The van der Waals surface area contributed by atoms with Gasteiger partial charge in [0, 0.05) is 10.6 Å². The Balaban J connectivity index is 2.65. The smallest absolute Gasteiger partial charge is 0.211 e. The van der Waals surface area contributed by atoms with Crippen molar-refractivity contribution < 1.29 is 9.53 Å². The average molecular weight is 281 g/mol. The van der Waals surface area contributed by atoms with Crippen LogP contribution in [0.4, 0.5) is 5.69 Å². The molecule has 0 radical (unpaired) electrons. The highest BCUT2D eigenvalue weighted by Gasteiger charge is 2.08. The third-order valence-electron chi connectivity index (χ3n) is 2.98. The Morgan fingerprint density at radius 1 is 1.47 bits per heavy atom. The summed E-state index contributed by atoms with van der Waals surface area (Å²) in [6.45, 7) is 4.49. The second-order valence-corrected chi connectivity index (χ2v) is 5.74. The molecule has 1 aromatic rings. The van der Waals surface area contributed by atoms with E-state index >= 15 is 0 Å². The summed E-state index contributed by atoms with van der Waals surface area (Å²) in [6, 6.07) is 5.71. The molecule has 0 saturated heterocycles. The van der Waals surface area contributed by atoms with Crippen LogP contribution >= 0.6 is 11.8 Å². The summed E-state index contributed by atoms with van der Waals surface area (Å²) < 4.78 is 5.23. The van der Waals surface area contributed by atoms with Crippen molar-refractivity contribution in [3.8, 4) is 5.75 Å². The van der Waals surface area contributed by atoms with Crippen LogP contribution in [0.3, 0.4) is 0 Å². The van der Waals surface area contributed by atoms with Gasteiger partial charge < -0.3 is 10.1 Å². The first kappa shape index (κ1) is 15.9. The Morgan fingerprint density at radius 3 is 2.89 bits per heavy atom. The number of anilines is 1. The lowest BCUT2D eigenvalue weighted by Crippen LogP contribution is -2.00. The van der Waals surface area contributed by atoms with Crippen LogP contribution in [-0.2, 0) is 4.79 Å². The second kappa shape index (κ2) is 8.86. The lowest BCUT2D eigenvalue weighted by Gasteiger charge is -2.13. The molecule has 0 spiro atoms. The first-order valence-electron chi connectivity index (χ1n) is 6.72. The first-order valence-corrected chi connectivity index (χ1v) is 7.70. The average Bonchev–Trinajstić information content (AvgIpc) is 2.44. The third kappa shape index (κ3) is 5.55. The number of amides is 1. The number of nitrogens with one attached hydrogen (secondary N) is 1. The Kier molecular flexibility index (Phi) is 7.41. The van der Waals surface area contributed by atoms with E-state index in [1.165, 1.54) is 19.3 Å². The molecule has 1 aromatic carbocycles. The van der Waals surface area contributed by atoms with Gasteiger partial charge >= 0.3 is 0 Å². The van der Waals surface area contributed by atoms with Crippen molar-refractivity contribution in [1.29, 1.82) is 0 Å². The van der Waals surface area contributed by atoms with Crippen LogP contribution in [0.1, 0.15) is 33.1 Å². The Bertz CT molecular complexity index is 396. The predicted octanol–water partition coefficient (Wildman–Crippen LogP) is 4.18. The Labute approximate surface area is 120 Å². The molecule has 19 heavy (non-hydrogen) atoms. The van der Waals surface area contributed by atoms with E-state index in [1.54, 1.807) is 18.9 Å². The molecule has 0 saturated carbocycles. The van der Waals surface area contributed by atoms with Crippen molar-refractivity contribution in [3.05, 3.63) is 18.2 Å². The normalized spacial score (nSPS) is 11.9. The number of hydrogen-bond donors (Lipinski definition) is 1. The number of unbranched alkanes of at least 4 members (excludes halogenated alkanes) is 1. The molecule has 0 fully saturated rings. The van der Waals surface area contributed by atoms with Crippen LogP contribution in [0.5, 0.6) is 5.75 Å². The zero-order chi connectivity index (χ0) is 14.1. The van der Waals surface area contributed by atoms with Gasteiger partial charge in [0.25, 0.3) is 0 Å². The van der Waals surface area contributed by atoms with E-state index < -0.39 is 0 Å². The predicted molar refractivity (Wildman–Crippen MR) is 82.1 cm³/mol. The monoisotopic (exact) mass is 281 g/mol. The van der Waals surface area contributed by atoms with Gasteiger partial charge in [0.2, 0.25) is 6.41 Å². The number of rotatable bonds is 9. The van der Waals surface area contributed by atoms with E-state index in [-0.39, 0.29) is 0 Å². The van der Waals surface area contributed by atoms with Gasteiger partial charge in [-0.3, -0.25) is 4.79 Å². The highest BCUT2D eigenvalue weighted by atomic mass is 32.2. The minimum Gasteiger partial charge on any atom is -0.497 e. The molecule has 0 aliphatic carbocycles. The lowest BCUT2D eigenvalue weighted by molar-refractivity contribution is -0.105. The van der Waals surface area contributed by atoms with Crippen LogP contribution in [0.15, 0.2) is 23.1 Å². The van der Waals surface area contributed by atoms with E-state index in [2.05, 4.69) is 19.2 Å². The fourth-order valence-electron chi connectivity index (χ4n) is 1.80. The maximum Gasteiger partial charge on any atom is 0.211 e. The van der Waals surface area contributed by atoms with Crippen molar-refractivity contribution >= 4 is 23.9 Å². The van der Waals surface area contributed by atoms with Crippen molar-refractivity contribution in [2.75, 3.05) is 18.2 Å². The second-order valence-electron chi connectivity index (χ2n) is 4.68. The minimum absolute atomic E-state index is 0.681. The Morgan fingerprint density at radius 2 is 2.26 bits per heavy atom. The summed E-state index contributed by atoms with van der Waals surface area (Å²) in [4.78, 5) is 11.7. The largest absolute Gasteiger partial charge is 0.497 e. The SMILES string of the molecule is CCCCC(C)CSc1cc(OC)ccc1NC=O. The maximum absolute atomic E-state index is 10.6. The molecule has 0 heterocycles. The number of carbonyl (C=O) groups is 1. The van der Waals surface area contributed by atoms with Crippen LogP contribution < -0.4 is 10.1 Å². The first-order chi connectivity index (χ1) is 9.21. The molecule has 3 nitrogen and oxygen atoms in total. The molecule has 1 unspecified atom stereocenters. The molecular formula is C15H23NO2S. The number of methoxy groups -OCH3 is 1. The number of thioether (sulfide) groups is 1. The van der Waals surface area contributed by atoms with Crippen LogP contribution in [0.2, 0.25) is 0 Å². The molecule has 106 valence electrons. The summed E-state index contributed by atoms with van der Waals surface area (Å²) in [5, 5.41) is 2.74. The van der Waals surface area contributed by atoms with Crippen molar-refractivity contribution in [3.63, 3.8) is 0 Å². The molecular weight excluding hydrogens is 258 g/mol. The standard InChI is InChI=1S/C15H23NO2S/c1-4-5-6-12(2)10-19-15-9-13(18-3)7-8-14(15)16-11-17/h7-9,11-12H,4-6,10H2,1-3H3,(H,16,17). The molecule has 0 aromatic heterocycles. The van der Waals surface area contributed by atoms with Crippen LogP contribution in [-0.4, -0.2) is 19.3 Å². The molecule has 0 aliphatic rings. The minimum atomic E-state index is 0.681. The van der Waals surface area contributed by atoms with E-state index in [9.17, 15) is 4.79 Å². The van der Waals surface area contributed by atoms with Gasteiger partial charge in [0.1, 0.15) is 5.75 Å². The fraction of sp³-hybridized carbons (Fsp3) is 0.533. The summed E-state index contributed by atoms with van der Waals surface area (Å²) in [7, 11) is 1.65. The van der Waals surface area contributed by atoms with E-state index in [0.717, 1.165) is 22.1 Å². The molecule has 1 atom stereocenters. The highest BCUT2D eigenvalue weighted by molar-refractivity contribution is 7.99. The summed E-state index contributed by atoms with van der Waals surface area (Å²) in [6.07, 6.45) is 4.49. The van der Waals surface area contributed by atoms with Crippen molar-refractivity contribution in [2.45, 2.75) is 38.0 Å². The summed E-state index contributed by atoms with van der Waals surface area (Å²) in [5.74, 6) is 2.56. The van der Waals surface area contributed by atoms with Crippen molar-refractivity contribution in [1.82, 2.24) is 0 Å². The van der Waals surface area contributed by atoms with E-state index in [1.807, 2.05) is 18.2 Å². The zero-order valence-corrected chi connectivity index (χ0v) is 12.8. The number of benzene rings is 1. The van der Waals surface area contributed by atoms with Gasteiger partial charge in [-0.05, 0) is 30.5 Å². The van der Waals surface area contributed by atoms with Gasteiger partial charge in [0.15, 0.2) is 0 Å². The number of ether oxygens (including phenoxy) is 1. The van der Waals surface area contributed by atoms with Crippen molar-refractivity contribution in [2.24, 2.45) is 5.92 Å². The molecule has 4 heteroatoms. The molecule has 1 rings (SSSR count).